The summed E-state index contributed by atoms with van der Waals surface area (Å²) < 4.78 is 0.920. The molecule has 21 heavy (non-hydrogen) atoms. The summed E-state index contributed by atoms with van der Waals surface area (Å²) in [5.74, 6) is -0.245. The molecule has 0 fully saturated rings. The van der Waals surface area contributed by atoms with E-state index in [4.69, 9.17) is 23.2 Å². The quantitative estimate of drug-likeness (QED) is 0.776. The van der Waals surface area contributed by atoms with E-state index in [1.54, 1.807) is 17.4 Å². The van der Waals surface area contributed by atoms with E-state index < -0.39 is 0 Å². The molecule has 1 aliphatic carbocycles. The van der Waals surface area contributed by atoms with Crippen LogP contribution in [0.25, 0.3) is 0 Å². The molecule has 3 nitrogen and oxygen atoms in total. The van der Waals surface area contributed by atoms with Gasteiger partial charge in [0.1, 0.15) is 4.34 Å². The summed E-state index contributed by atoms with van der Waals surface area (Å²) in [4.78, 5) is 18.1. The molecule has 0 bridgehead atoms. The minimum absolute atomic E-state index is 0.245. The van der Waals surface area contributed by atoms with Crippen LogP contribution in [0.3, 0.4) is 0 Å². The van der Waals surface area contributed by atoms with Crippen LogP contribution in [-0.4, -0.2) is 10.9 Å². The summed E-state index contributed by atoms with van der Waals surface area (Å²) in [6, 6.07) is 1.59. The summed E-state index contributed by atoms with van der Waals surface area (Å²) in [7, 11) is 0. The molecule has 112 valence electrons. The van der Waals surface area contributed by atoms with Crippen molar-refractivity contribution in [2.24, 2.45) is 0 Å². The van der Waals surface area contributed by atoms with Crippen LogP contribution < -0.4 is 5.32 Å². The highest BCUT2D eigenvalue weighted by molar-refractivity contribution is 7.20. The van der Waals surface area contributed by atoms with Gasteiger partial charge in [-0.25, -0.2) is 4.98 Å². The number of anilines is 1. The molecule has 3 rings (SSSR count). The predicted octanol–water partition coefficient (Wildman–Crippen LogP) is 5.42. The van der Waals surface area contributed by atoms with Crippen molar-refractivity contribution in [3.63, 3.8) is 0 Å². The molecule has 0 atom stereocenters. The maximum Gasteiger partial charge on any atom is 0.259 e. The normalized spacial score (nSPS) is 15.1. The number of carbonyl (C=O) groups is 1. The first-order valence-corrected chi connectivity index (χ1v) is 9.27. The molecule has 7 heteroatoms. The van der Waals surface area contributed by atoms with Crippen LogP contribution in [0.1, 0.15) is 46.6 Å². The molecule has 2 aromatic rings. The van der Waals surface area contributed by atoms with Gasteiger partial charge in [0.05, 0.1) is 15.6 Å². The van der Waals surface area contributed by atoms with Gasteiger partial charge in [0, 0.05) is 4.88 Å². The highest BCUT2D eigenvalue weighted by Crippen LogP contribution is 2.33. The Morgan fingerprint density at radius 1 is 1.14 bits per heavy atom. The van der Waals surface area contributed by atoms with E-state index in [0.29, 0.717) is 19.4 Å². The zero-order valence-electron chi connectivity index (χ0n) is 11.2. The van der Waals surface area contributed by atoms with Crippen molar-refractivity contribution in [1.82, 2.24) is 4.98 Å². The van der Waals surface area contributed by atoms with Crippen molar-refractivity contribution >= 4 is 56.9 Å². The number of thiazole rings is 1. The first-order chi connectivity index (χ1) is 10.1. The van der Waals surface area contributed by atoms with Gasteiger partial charge in [0.15, 0.2) is 5.13 Å². The van der Waals surface area contributed by atoms with Crippen LogP contribution in [0.5, 0.6) is 0 Å². The maximum absolute atomic E-state index is 12.2. The number of aromatic nitrogens is 1. The minimum Gasteiger partial charge on any atom is -0.298 e. The van der Waals surface area contributed by atoms with Crippen molar-refractivity contribution in [3.05, 3.63) is 30.9 Å². The number of hydrogen-bond donors (Lipinski definition) is 1. The van der Waals surface area contributed by atoms with Gasteiger partial charge >= 0.3 is 0 Å². The fraction of sp³-hybridized carbons (Fsp3) is 0.429. The van der Waals surface area contributed by atoms with Crippen LogP contribution in [0, 0.1) is 0 Å². The summed E-state index contributed by atoms with van der Waals surface area (Å²) in [6.07, 6.45) is 7.00. The van der Waals surface area contributed by atoms with Crippen molar-refractivity contribution in [3.8, 4) is 0 Å². The zero-order valence-corrected chi connectivity index (χ0v) is 14.4. The van der Waals surface area contributed by atoms with E-state index in [1.165, 1.54) is 41.9 Å². The molecule has 0 unspecified atom stereocenters. The van der Waals surface area contributed by atoms with E-state index in [1.807, 2.05) is 0 Å². The molecule has 0 aromatic carbocycles. The van der Waals surface area contributed by atoms with Crippen LogP contribution in [0.15, 0.2) is 6.07 Å². The lowest BCUT2D eigenvalue weighted by molar-refractivity contribution is 0.102. The van der Waals surface area contributed by atoms with Gasteiger partial charge < -0.3 is 0 Å². The lowest BCUT2D eigenvalue weighted by atomic mass is 10.0. The zero-order chi connectivity index (χ0) is 14.8. The van der Waals surface area contributed by atoms with Gasteiger partial charge in [-0.1, -0.05) is 36.0 Å². The maximum atomic E-state index is 12.2. The molecule has 1 aliphatic rings. The summed E-state index contributed by atoms with van der Waals surface area (Å²) >= 11 is 14.7. The number of amides is 1. The van der Waals surface area contributed by atoms with Crippen molar-refractivity contribution < 1.29 is 4.79 Å². The standard InChI is InChI=1S/C14H14Cl2N2OS2/c15-11-7-8(12(16)21-11)13(19)18-14-17-9-5-3-1-2-4-6-10(9)20-14/h7H,1-6H2,(H,17,18,19). The lowest BCUT2D eigenvalue weighted by Crippen LogP contribution is -2.11. The SMILES string of the molecule is O=C(Nc1nc2c(s1)CCCCCC2)c1cc(Cl)sc1Cl. The van der Waals surface area contributed by atoms with E-state index >= 15 is 0 Å². The first-order valence-electron chi connectivity index (χ1n) is 6.88. The second kappa shape index (κ2) is 6.65. The number of carbonyl (C=O) groups excluding carboxylic acids is 1. The predicted molar refractivity (Wildman–Crippen MR) is 90.3 cm³/mol. The van der Waals surface area contributed by atoms with Crippen LogP contribution in [0.2, 0.25) is 8.67 Å². The number of nitrogens with one attached hydrogen (secondary N) is 1. The van der Waals surface area contributed by atoms with Gasteiger partial charge in [-0.3, -0.25) is 10.1 Å². The van der Waals surface area contributed by atoms with Crippen LogP contribution in [-0.2, 0) is 12.8 Å². The molecule has 0 radical (unpaired) electrons. The topological polar surface area (TPSA) is 42.0 Å². The summed E-state index contributed by atoms with van der Waals surface area (Å²) in [6.45, 7) is 0. The summed E-state index contributed by atoms with van der Waals surface area (Å²) in [5, 5.41) is 3.50. The van der Waals surface area contributed by atoms with Crippen molar-refractivity contribution in [2.45, 2.75) is 38.5 Å². The summed E-state index contributed by atoms with van der Waals surface area (Å²) in [5.41, 5.74) is 1.55. The Bertz CT molecular complexity index is 640. The largest absolute Gasteiger partial charge is 0.298 e. The lowest BCUT2D eigenvalue weighted by Gasteiger charge is -2.06. The van der Waals surface area contributed by atoms with E-state index in [-0.39, 0.29) is 5.91 Å². The molecule has 1 N–H and O–H groups in total. The fourth-order valence-electron chi connectivity index (χ4n) is 2.42. The van der Waals surface area contributed by atoms with Gasteiger partial charge in [0.25, 0.3) is 5.91 Å². The fourth-order valence-corrected chi connectivity index (χ4v) is 4.92. The first kappa shape index (κ1) is 15.3. The third-order valence-electron chi connectivity index (χ3n) is 3.47. The molecule has 2 aromatic heterocycles. The van der Waals surface area contributed by atoms with Gasteiger partial charge in [-0.2, -0.15) is 0 Å². The third kappa shape index (κ3) is 3.59. The molecular formula is C14H14Cl2N2OS2. The Kier molecular flexibility index (Phi) is 4.84. The molecule has 0 aliphatic heterocycles. The number of aryl methyl sites for hydroxylation is 2. The van der Waals surface area contributed by atoms with Gasteiger partial charge in [-0.05, 0) is 31.7 Å². The van der Waals surface area contributed by atoms with E-state index in [9.17, 15) is 4.79 Å². The molecule has 1 amide bonds. The number of thiophene rings is 1. The Balaban J connectivity index is 1.77. The number of nitrogens with zero attached hydrogens (tertiary/aromatic N) is 1. The van der Waals surface area contributed by atoms with Crippen molar-refractivity contribution in [2.75, 3.05) is 5.32 Å². The van der Waals surface area contributed by atoms with Crippen LogP contribution >= 0.6 is 45.9 Å². The molecule has 0 saturated carbocycles. The number of fused-ring (bicyclic) bond motifs is 1. The Hall–Kier alpha value is -0.620. The average molecular weight is 361 g/mol. The van der Waals surface area contributed by atoms with E-state index in [2.05, 4.69) is 10.3 Å². The Morgan fingerprint density at radius 2 is 1.90 bits per heavy atom. The highest BCUT2D eigenvalue weighted by Gasteiger charge is 2.18. The smallest absolute Gasteiger partial charge is 0.259 e. The molecular weight excluding hydrogens is 347 g/mol. The molecule has 0 saturated heterocycles. The second-order valence-corrected chi connectivity index (χ2v) is 8.36. The number of halogens is 2. The number of hydrogen-bond acceptors (Lipinski definition) is 4. The minimum atomic E-state index is -0.245. The molecule has 0 spiro atoms. The highest BCUT2D eigenvalue weighted by atomic mass is 35.5. The van der Waals surface area contributed by atoms with Crippen LogP contribution in [0.4, 0.5) is 5.13 Å². The number of rotatable bonds is 2. The second-order valence-electron chi connectivity index (χ2n) is 5.00. The van der Waals surface area contributed by atoms with Gasteiger partial charge in [-0.15, -0.1) is 22.7 Å². The van der Waals surface area contributed by atoms with E-state index in [0.717, 1.165) is 18.5 Å². The average Bonchev–Trinajstić information content (AvgIpc) is 2.93. The van der Waals surface area contributed by atoms with Crippen molar-refractivity contribution in [1.29, 1.82) is 0 Å². The Morgan fingerprint density at radius 3 is 2.62 bits per heavy atom. The molecule has 2 heterocycles. The Labute approximate surface area is 141 Å². The van der Waals surface area contributed by atoms with Gasteiger partial charge in [0.2, 0.25) is 0 Å². The third-order valence-corrected chi connectivity index (χ3v) is 6.03. The monoisotopic (exact) mass is 360 g/mol.